The summed E-state index contributed by atoms with van der Waals surface area (Å²) in [6.45, 7) is 0. The van der Waals surface area contributed by atoms with Gasteiger partial charge in [-0.2, -0.15) is 0 Å². The zero-order valence-electron chi connectivity index (χ0n) is 13.8. The van der Waals surface area contributed by atoms with Crippen LogP contribution in [-0.2, 0) is 0 Å². The van der Waals surface area contributed by atoms with E-state index in [9.17, 15) is 0 Å². The lowest BCUT2D eigenvalue weighted by atomic mass is 10.3. The third-order valence-electron chi connectivity index (χ3n) is 2.65. The van der Waals surface area contributed by atoms with Crippen LogP contribution in [0.25, 0.3) is 0 Å². The molecule has 132 valence electrons. The van der Waals surface area contributed by atoms with E-state index in [4.69, 9.17) is 30.6 Å². The van der Waals surface area contributed by atoms with Crippen LogP contribution in [0.4, 0.5) is 0 Å². The molecule has 0 bridgehead atoms. The van der Waals surface area contributed by atoms with E-state index >= 15 is 0 Å². The first-order valence-corrected chi connectivity index (χ1v) is 6.82. The predicted octanol–water partition coefficient (Wildman–Crippen LogP) is 2.53. The highest BCUT2D eigenvalue weighted by molar-refractivity contribution is 5.76. The minimum atomic E-state index is -0.0764. The van der Waals surface area contributed by atoms with Gasteiger partial charge < -0.3 is 30.6 Å². The fourth-order valence-electron chi connectivity index (χ4n) is 1.39. The molecule has 3 aromatic carbocycles. The van der Waals surface area contributed by atoms with Gasteiger partial charge in [-0.15, -0.1) is 0 Å². The summed E-state index contributed by atoms with van der Waals surface area (Å²) >= 11 is 0. The van der Waals surface area contributed by atoms with Crippen LogP contribution >= 0.6 is 0 Å². The van der Waals surface area contributed by atoms with Gasteiger partial charge in [-0.1, -0.05) is 36.4 Å². The number of aromatic hydroxyl groups is 6. The molecule has 0 aromatic heterocycles. The second kappa shape index (κ2) is 12.9. The van der Waals surface area contributed by atoms with Crippen LogP contribution in [-0.4, -0.2) is 47.5 Å². The minimum Gasteiger partial charge on any atom is -0.504 e. The van der Waals surface area contributed by atoms with Gasteiger partial charge in [-0.05, 0) is 36.4 Å². The summed E-state index contributed by atoms with van der Waals surface area (Å²) in [4.78, 5) is 0. The molecule has 0 aliphatic carbocycles. The van der Waals surface area contributed by atoms with Crippen LogP contribution in [0, 0.1) is 0 Å². The maximum Gasteiger partial charge on any atom is 0.157 e. The second-order valence-corrected chi connectivity index (χ2v) is 4.47. The van der Waals surface area contributed by atoms with E-state index < -0.39 is 0 Å². The van der Waals surface area contributed by atoms with Crippen molar-refractivity contribution in [2.45, 2.75) is 0 Å². The van der Waals surface area contributed by atoms with Gasteiger partial charge in [0.25, 0.3) is 0 Å². The SMILES string of the molecule is Oc1ccccc1O.Oc1ccccc1O.Oc1ccccc1O.[B].[B]. The monoisotopic (exact) mass is 352 g/mol. The lowest BCUT2D eigenvalue weighted by molar-refractivity contribution is 0.404. The van der Waals surface area contributed by atoms with Crippen molar-refractivity contribution in [2.24, 2.45) is 0 Å². The highest BCUT2D eigenvalue weighted by Gasteiger charge is 1.91. The van der Waals surface area contributed by atoms with Crippen LogP contribution in [0.5, 0.6) is 34.5 Å². The third-order valence-corrected chi connectivity index (χ3v) is 2.65. The molecular formula is C18H18B2O6. The molecule has 0 saturated heterocycles. The maximum atomic E-state index is 8.67. The summed E-state index contributed by atoms with van der Waals surface area (Å²) in [7, 11) is 0. The molecule has 0 aliphatic heterocycles. The van der Waals surface area contributed by atoms with Gasteiger partial charge in [-0.3, -0.25) is 0 Å². The predicted molar refractivity (Wildman–Crippen MR) is 101 cm³/mol. The molecule has 6 N–H and O–H groups in total. The van der Waals surface area contributed by atoms with E-state index in [0.717, 1.165) is 0 Å². The van der Waals surface area contributed by atoms with Crippen molar-refractivity contribution in [1.29, 1.82) is 0 Å². The number of hydrogen-bond acceptors (Lipinski definition) is 6. The van der Waals surface area contributed by atoms with Crippen LogP contribution in [0.2, 0.25) is 0 Å². The number of hydrogen-bond donors (Lipinski definition) is 6. The Labute approximate surface area is 155 Å². The van der Waals surface area contributed by atoms with E-state index in [-0.39, 0.29) is 51.3 Å². The van der Waals surface area contributed by atoms with Gasteiger partial charge in [0.1, 0.15) is 0 Å². The molecule has 0 aliphatic rings. The van der Waals surface area contributed by atoms with E-state index in [1.165, 1.54) is 36.4 Å². The largest absolute Gasteiger partial charge is 0.504 e. The first kappa shape index (κ1) is 24.8. The summed E-state index contributed by atoms with van der Waals surface area (Å²) < 4.78 is 0. The molecule has 26 heavy (non-hydrogen) atoms. The highest BCUT2D eigenvalue weighted by atomic mass is 16.3. The molecule has 0 saturated carbocycles. The molecule has 0 unspecified atom stereocenters. The normalized spacial score (nSPS) is 8.31. The minimum absolute atomic E-state index is 0. The van der Waals surface area contributed by atoms with Crippen LogP contribution in [0.15, 0.2) is 72.8 Å². The molecule has 0 heterocycles. The first-order valence-electron chi connectivity index (χ1n) is 6.82. The Balaban J connectivity index is 0. The van der Waals surface area contributed by atoms with Crippen LogP contribution in [0.3, 0.4) is 0 Å². The van der Waals surface area contributed by atoms with E-state index in [2.05, 4.69) is 0 Å². The quantitative estimate of drug-likeness (QED) is 0.273. The van der Waals surface area contributed by atoms with Gasteiger partial charge in [0.15, 0.2) is 34.5 Å². The molecule has 6 radical (unpaired) electrons. The van der Waals surface area contributed by atoms with Crippen molar-refractivity contribution in [1.82, 2.24) is 0 Å². The van der Waals surface area contributed by atoms with Crippen LogP contribution < -0.4 is 0 Å². The Morgan fingerprint density at radius 2 is 0.423 bits per heavy atom. The number of phenolic OH excluding ortho intramolecular Hbond substituents is 6. The number of phenols is 6. The molecule has 8 heteroatoms. The van der Waals surface area contributed by atoms with E-state index in [1.807, 2.05) is 0 Å². The standard InChI is InChI=1S/3C6H6O2.2B/c3*7-5-3-1-2-4-6(5)8;;/h3*1-4,7-8H;;. The first-order chi connectivity index (χ1) is 11.4. The summed E-state index contributed by atoms with van der Waals surface area (Å²) in [6, 6.07) is 18.4. The molecule has 3 rings (SSSR count). The Morgan fingerprint density at radius 3 is 0.500 bits per heavy atom. The van der Waals surface area contributed by atoms with E-state index in [1.54, 1.807) is 36.4 Å². The fraction of sp³-hybridized carbons (Fsp3) is 0. The lowest BCUT2D eigenvalue weighted by Crippen LogP contribution is -1.63. The van der Waals surface area contributed by atoms with Gasteiger partial charge >= 0.3 is 0 Å². The third kappa shape index (κ3) is 9.02. The Kier molecular flexibility index (Phi) is 12.4. The van der Waals surface area contributed by atoms with Crippen molar-refractivity contribution in [3.63, 3.8) is 0 Å². The molecule has 0 fully saturated rings. The Hall–Kier alpha value is -3.41. The molecular weight excluding hydrogens is 334 g/mol. The van der Waals surface area contributed by atoms with Gasteiger partial charge in [-0.25, -0.2) is 0 Å². The van der Waals surface area contributed by atoms with Crippen molar-refractivity contribution in [3.8, 4) is 34.5 Å². The second-order valence-electron chi connectivity index (χ2n) is 4.47. The van der Waals surface area contributed by atoms with Crippen LogP contribution in [0.1, 0.15) is 0 Å². The molecule has 0 amide bonds. The highest BCUT2D eigenvalue weighted by Crippen LogP contribution is 2.22. The molecule has 6 nitrogen and oxygen atoms in total. The van der Waals surface area contributed by atoms with Gasteiger partial charge in [0.05, 0.1) is 0 Å². The summed E-state index contributed by atoms with van der Waals surface area (Å²) in [5.41, 5.74) is 0. The van der Waals surface area contributed by atoms with E-state index in [0.29, 0.717) is 0 Å². The molecule has 3 aromatic rings. The number of rotatable bonds is 0. The topological polar surface area (TPSA) is 121 Å². The zero-order valence-corrected chi connectivity index (χ0v) is 13.8. The lowest BCUT2D eigenvalue weighted by Gasteiger charge is -1.91. The van der Waals surface area contributed by atoms with Crippen molar-refractivity contribution in [3.05, 3.63) is 72.8 Å². The Morgan fingerprint density at radius 1 is 0.308 bits per heavy atom. The summed E-state index contributed by atoms with van der Waals surface area (Å²) in [5.74, 6) is -0.458. The zero-order chi connectivity index (χ0) is 17.9. The maximum absolute atomic E-state index is 8.67. The van der Waals surface area contributed by atoms with Gasteiger partial charge in [0.2, 0.25) is 0 Å². The summed E-state index contributed by atoms with van der Waals surface area (Å²) in [6.07, 6.45) is 0. The van der Waals surface area contributed by atoms with Crippen molar-refractivity contribution in [2.75, 3.05) is 0 Å². The molecule has 0 spiro atoms. The smallest absolute Gasteiger partial charge is 0.157 e. The average molecular weight is 352 g/mol. The fourth-order valence-corrected chi connectivity index (χ4v) is 1.39. The van der Waals surface area contributed by atoms with Gasteiger partial charge in [0, 0.05) is 16.8 Å². The van der Waals surface area contributed by atoms with Crippen molar-refractivity contribution >= 4 is 16.8 Å². The van der Waals surface area contributed by atoms with Crippen molar-refractivity contribution < 1.29 is 30.6 Å². The average Bonchev–Trinajstić information content (AvgIpc) is 2.57. The molecule has 0 atom stereocenters. The number of benzene rings is 3. The summed E-state index contributed by atoms with van der Waals surface area (Å²) in [5, 5.41) is 52.0. The number of para-hydroxylation sites is 6. The Bertz CT molecular complexity index is 602.